The third-order valence-electron chi connectivity index (χ3n) is 2.23. The van der Waals surface area contributed by atoms with Gasteiger partial charge in [0.25, 0.3) is 0 Å². The number of carboxylic acid groups (broad SMARTS) is 2. The highest BCUT2D eigenvalue weighted by Crippen LogP contribution is 2.10. The first-order chi connectivity index (χ1) is 9.52. The molecule has 0 radical (unpaired) electrons. The van der Waals surface area contributed by atoms with Crippen LogP contribution < -0.4 is 0 Å². The average Bonchev–Trinajstić information content (AvgIpc) is 2.49. The van der Waals surface area contributed by atoms with Crippen LogP contribution >= 0.6 is 0 Å². The van der Waals surface area contributed by atoms with Gasteiger partial charge in [0.05, 0.1) is 0 Å². The quantitative estimate of drug-likeness (QED) is 0.785. The van der Waals surface area contributed by atoms with Crippen molar-refractivity contribution >= 4 is 11.9 Å². The fourth-order valence-corrected chi connectivity index (χ4v) is 1.27. The van der Waals surface area contributed by atoms with Gasteiger partial charge in [-0.1, -0.05) is 36.4 Å². The molecule has 1 heterocycles. The van der Waals surface area contributed by atoms with Crippen LogP contribution in [0.2, 0.25) is 0 Å². The van der Waals surface area contributed by atoms with E-state index in [0.29, 0.717) is 5.56 Å². The van der Waals surface area contributed by atoms with Crippen LogP contribution in [0.25, 0.3) is 0 Å². The van der Waals surface area contributed by atoms with Gasteiger partial charge in [-0.3, -0.25) is 0 Å². The summed E-state index contributed by atoms with van der Waals surface area (Å²) in [4.78, 5) is 24.0. The molecule has 0 bridgehead atoms. The number of benzene rings is 1. The monoisotopic (exact) mass is 275 g/mol. The van der Waals surface area contributed by atoms with Gasteiger partial charge in [-0.15, -0.1) is 0 Å². The number of aliphatic hydroxyl groups is 1. The molecule has 1 atom stereocenters. The summed E-state index contributed by atoms with van der Waals surface area (Å²) in [6.07, 6.45) is 0.0416. The van der Waals surface area contributed by atoms with Gasteiger partial charge in [0.1, 0.15) is 5.69 Å². The fourth-order valence-electron chi connectivity index (χ4n) is 1.27. The highest BCUT2D eigenvalue weighted by molar-refractivity contribution is 5.85. The Morgan fingerprint density at radius 3 is 1.95 bits per heavy atom. The maximum absolute atomic E-state index is 10.2. The smallest absolute Gasteiger partial charge is 0.354 e. The minimum absolute atomic E-state index is 0.0810. The maximum Gasteiger partial charge on any atom is 0.354 e. The molecule has 104 valence electrons. The van der Waals surface area contributed by atoms with Crippen molar-refractivity contribution in [2.45, 2.75) is 6.10 Å². The van der Waals surface area contributed by atoms with Gasteiger partial charge >= 0.3 is 11.9 Å². The van der Waals surface area contributed by atoms with Crippen LogP contribution in [-0.2, 0) is 4.79 Å². The first-order valence-corrected chi connectivity index (χ1v) is 5.62. The Hall–Kier alpha value is -2.73. The molecule has 0 amide bonds. The molecule has 0 saturated carbocycles. The normalized spacial score (nSPS) is 10.8. The lowest BCUT2D eigenvalue weighted by molar-refractivity contribution is -0.146. The van der Waals surface area contributed by atoms with E-state index in [9.17, 15) is 9.59 Å². The van der Waals surface area contributed by atoms with Crippen LogP contribution in [0.15, 0.2) is 54.7 Å². The van der Waals surface area contributed by atoms with E-state index in [2.05, 4.69) is 4.98 Å². The summed E-state index contributed by atoms with van der Waals surface area (Å²) >= 11 is 0. The molecule has 0 aliphatic carbocycles. The summed E-state index contributed by atoms with van der Waals surface area (Å²) in [7, 11) is 0. The van der Waals surface area contributed by atoms with Gasteiger partial charge in [0, 0.05) is 6.20 Å². The molecule has 1 aromatic carbocycles. The van der Waals surface area contributed by atoms with E-state index in [1.807, 2.05) is 0 Å². The molecular weight excluding hydrogens is 262 g/mol. The van der Waals surface area contributed by atoms with Crippen LogP contribution in [0, 0.1) is 0 Å². The van der Waals surface area contributed by atoms with E-state index in [4.69, 9.17) is 15.3 Å². The van der Waals surface area contributed by atoms with Crippen molar-refractivity contribution in [1.82, 2.24) is 4.98 Å². The number of aromatic carboxylic acids is 1. The number of pyridine rings is 1. The first kappa shape index (κ1) is 15.3. The molecule has 1 aromatic heterocycles. The summed E-state index contributed by atoms with van der Waals surface area (Å²) in [5, 5.41) is 25.7. The fraction of sp³-hybridized carbons (Fsp3) is 0.0714. The van der Waals surface area contributed by atoms with Gasteiger partial charge < -0.3 is 15.3 Å². The van der Waals surface area contributed by atoms with E-state index in [1.54, 1.807) is 42.5 Å². The predicted octanol–water partition coefficient (Wildman–Crippen LogP) is 1.58. The molecule has 20 heavy (non-hydrogen) atoms. The second-order valence-electron chi connectivity index (χ2n) is 3.67. The molecule has 6 nitrogen and oxygen atoms in total. The number of hydrogen-bond donors (Lipinski definition) is 3. The molecule has 1 unspecified atom stereocenters. The average molecular weight is 275 g/mol. The van der Waals surface area contributed by atoms with Crippen molar-refractivity contribution in [1.29, 1.82) is 0 Å². The van der Waals surface area contributed by atoms with E-state index >= 15 is 0 Å². The SMILES string of the molecule is O=C(O)C(O)c1ccccc1.O=C(O)c1ccccn1. The summed E-state index contributed by atoms with van der Waals surface area (Å²) in [6, 6.07) is 13.0. The van der Waals surface area contributed by atoms with Crippen molar-refractivity contribution in [2.75, 3.05) is 0 Å². The van der Waals surface area contributed by atoms with Crippen molar-refractivity contribution in [3.05, 3.63) is 66.0 Å². The lowest BCUT2D eigenvalue weighted by Gasteiger charge is -2.03. The first-order valence-electron chi connectivity index (χ1n) is 5.62. The Morgan fingerprint density at radius 2 is 1.55 bits per heavy atom. The van der Waals surface area contributed by atoms with E-state index in [1.165, 1.54) is 12.3 Å². The molecule has 0 saturated heterocycles. The van der Waals surface area contributed by atoms with Crippen molar-refractivity contribution in [3.63, 3.8) is 0 Å². The topological polar surface area (TPSA) is 108 Å². The van der Waals surface area contributed by atoms with Crippen LogP contribution in [0.1, 0.15) is 22.2 Å². The summed E-state index contributed by atoms with van der Waals surface area (Å²) in [5.41, 5.74) is 0.484. The molecular formula is C14H13NO5. The second-order valence-corrected chi connectivity index (χ2v) is 3.67. The zero-order chi connectivity index (χ0) is 15.0. The number of aliphatic hydroxyl groups excluding tert-OH is 1. The molecule has 2 aromatic rings. The van der Waals surface area contributed by atoms with Gasteiger partial charge in [-0.05, 0) is 17.7 Å². The Bertz CT molecular complexity index is 556. The molecule has 0 aliphatic heterocycles. The molecule has 3 N–H and O–H groups in total. The van der Waals surface area contributed by atoms with Crippen LogP contribution in [0.3, 0.4) is 0 Å². The van der Waals surface area contributed by atoms with Gasteiger partial charge in [-0.25, -0.2) is 14.6 Å². The summed E-state index contributed by atoms with van der Waals surface area (Å²) in [5.74, 6) is -2.22. The Kier molecular flexibility index (Phi) is 5.86. The highest BCUT2D eigenvalue weighted by atomic mass is 16.4. The molecule has 0 fully saturated rings. The van der Waals surface area contributed by atoms with E-state index < -0.39 is 18.0 Å². The molecule has 2 rings (SSSR count). The summed E-state index contributed by atoms with van der Waals surface area (Å²) in [6.45, 7) is 0. The lowest BCUT2D eigenvalue weighted by Crippen LogP contribution is -2.09. The second kappa shape index (κ2) is 7.65. The Labute approximate surface area is 115 Å². The zero-order valence-corrected chi connectivity index (χ0v) is 10.4. The van der Waals surface area contributed by atoms with Gasteiger partial charge in [-0.2, -0.15) is 0 Å². The van der Waals surface area contributed by atoms with Crippen LogP contribution in [0.5, 0.6) is 0 Å². The van der Waals surface area contributed by atoms with Crippen molar-refractivity contribution in [2.24, 2.45) is 0 Å². The number of nitrogens with zero attached hydrogens (tertiary/aromatic N) is 1. The zero-order valence-electron chi connectivity index (χ0n) is 10.4. The largest absolute Gasteiger partial charge is 0.479 e. The number of aliphatic carboxylic acids is 1. The standard InChI is InChI=1S/C8H8O3.C6H5NO2/c9-7(8(10)11)6-4-2-1-3-5-6;8-6(9)5-3-1-2-4-7-5/h1-5,7,9H,(H,10,11);1-4H,(H,8,9). The number of aromatic nitrogens is 1. The third kappa shape index (κ3) is 4.87. The molecule has 0 spiro atoms. The maximum atomic E-state index is 10.2. The van der Waals surface area contributed by atoms with Crippen LogP contribution in [0.4, 0.5) is 0 Å². The number of carbonyl (C=O) groups is 2. The third-order valence-corrected chi connectivity index (χ3v) is 2.23. The van der Waals surface area contributed by atoms with Gasteiger partial charge in [0.15, 0.2) is 6.10 Å². The minimum Gasteiger partial charge on any atom is -0.479 e. The van der Waals surface area contributed by atoms with Crippen molar-refractivity contribution < 1.29 is 24.9 Å². The van der Waals surface area contributed by atoms with Gasteiger partial charge in [0.2, 0.25) is 0 Å². The minimum atomic E-state index is -1.41. The predicted molar refractivity (Wildman–Crippen MR) is 70.2 cm³/mol. The van der Waals surface area contributed by atoms with Crippen LogP contribution in [-0.4, -0.2) is 32.2 Å². The number of carboxylic acids is 2. The highest BCUT2D eigenvalue weighted by Gasteiger charge is 2.14. The van der Waals surface area contributed by atoms with E-state index in [-0.39, 0.29) is 5.69 Å². The molecule has 6 heteroatoms. The number of hydrogen-bond acceptors (Lipinski definition) is 4. The Balaban J connectivity index is 0.000000204. The van der Waals surface area contributed by atoms with E-state index in [0.717, 1.165) is 0 Å². The lowest BCUT2D eigenvalue weighted by atomic mass is 10.1. The Morgan fingerprint density at radius 1 is 0.950 bits per heavy atom. The van der Waals surface area contributed by atoms with Crippen molar-refractivity contribution in [3.8, 4) is 0 Å². The summed E-state index contributed by atoms with van der Waals surface area (Å²) < 4.78 is 0. The number of rotatable bonds is 3. The molecule has 0 aliphatic rings.